The zero-order chi connectivity index (χ0) is 13.2. The average Bonchev–Trinajstić information content (AvgIpc) is 3.06. The Hall–Kier alpha value is -1.43. The first kappa shape index (κ1) is 12.6. The van der Waals surface area contributed by atoms with Gasteiger partial charge in [0.25, 0.3) is 0 Å². The molecule has 2 heterocycles. The molecule has 1 aliphatic heterocycles. The summed E-state index contributed by atoms with van der Waals surface area (Å²) in [5, 5.41) is 18.8. The van der Waals surface area contributed by atoms with Gasteiger partial charge in [0.1, 0.15) is 11.9 Å². The van der Waals surface area contributed by atoms with Crippen LogP contribution in [0.2, 0.25) is 0 Å². The maximum atomic E-state index is 9.72. The van der Waals surface area contributed by atoms with Crippen LogP contribution in [0.4, 0.5) is 0 Å². The number of fused-ring (bicyclic) bond motifs is 1. The van der Waals surface area contributed by atoms with E-state index in [2.05, 4.69) is 4.98 Å². The first-order valence-electron chi connectivity index (χ1n) is 6.65. The fourth-order valence-electron chi connectivity index (χ4n) is 2.58. The fourth-order valence-corrected chi connectivity index (χ4v) is 2.58. The van der Waals surface area contributed by atoms with Gasteiger partial charge < -0.3 is 19.5 Å². The number of hydrogen-bond acceptors (Lipinski definition) is 4. The van der Waals surface area contributed by atoms with Crippen molar-refractivity contribution in [2.75, 3.05) is 13.2 Å². The number of para-hydroxylation sites is 2. The quantitative estimate of drug-likeness (QED) is 0.870. The van der Waals surface area contributed by atoms with Crippen molar-refractivity contribution in [1.82, 2.24) is 9.55 Å². The second-order valence-corrected chi connectivity index (χ2v) is 4.91. The van der Waals surface area contributed by atoms with Gasteiger partial charge >= 0.3 is 0 Å². The van der Waals surface area contributed by atoms with E-state index in [1.165, 1.54) is 0 Å². The van der Waals surface area contributed by atoms with Crippen LogP contribution in [0, 0.1) is 0 Å². The number of hydrogen-bond donors (Lipinski definition) is 2. The molecule has 1 aromatic carbocycles. The van der Waals surface area contributed by atoms with Gasteiger partial charge in [-0.3, -0.25) is 0 Å². The van der Waals surface area contributed by atoms with Crippen LogP contribution in [0.25, 0.3) is 11.0 Å². The normalized spacial score (nSPS) is 21.1. The molecule has 2 N–H and O–H groups in total. The van der Waals surface area contributed by atoms with Crippen molar-refractivity contribution in [3.8, 4) is 0 Å². The second kappa shape index (κ2) is 5.28. The van der Waals surface area contributed by atoms with E-state index in [0.717, 1.165) is 36.3 Å². The third-order valence-electron chi connectivity index (χ3n) is 3.51. The summed E-state index contributed by atoms with van der Waals surface area (Å²) in [5.41, 5.74) is 1.87. The molecule has 0 aliphatic carbocycles. The maximum absolute atomic E-state index is 9.72. The van der Waals surface area contributed by atoms with Crippen molar-refractivity contribution in [3.05, 3.63) is 30.1 Å². The largest absolute Gasteiger partial charge is 0.394 e. The molecule has 0 unspecified atom stereocenters. The second-order valence-electron chi connectivity index (χ2n) is 4.91. The number of benzene rings is 1. The van der Waals surface area contributed by atoms with Crippen molar-refractivity contribution in [2.24, 2.45) is 0 Å². The average molecular weight is 262 g/mol. The molecule has 5 heteroatoms. The summed E-state index contributed by atoms with van der Waals surface area (Å²) in [6.07, 6.45) is 1.21. The van der Waals surface area contributed by atoms with E-state index in [9.17, 15) is 5.11 Å². The summed E-state index contributed by atoms with van der Waals surface area (Å²) in [6, 6.07) is 7.83. The van der Waals surface area contributed by atoms with Gasteiger partial charge in [0, 0.05) is 6.61 Å². The lowest BCUT2D eigenvalue weighted by Gasteiger charge is -2.15. The number of ether oxygens (including phenoxy) is 1. The van der Waals surface area contributed by atoms with E-state index in [1.807, 2.05) is 28.8 Å². The molecule has 1 aliphatic rings. The molecular formula is C14H18N2O3. The van der Waals surface area contributed by atoms with E-state index in [4.69, 9.17) is 9.84 Å². The molecule has 0 saturated carbocycles. The molecule has 19 heavy (non-hydrogen) atoms. The van der Waals surface area contributed by atoms with Gasteiger partial charge in [-0.05, 0) is 25.0 Å². The van der Waals surface area contributed by atoms with Gasteiger partial charge in [-0.25, -0.2) is 4.98 Å². The van der Waals surface area contributed by atoms with Crippen LogP contribution < -0.4 is 0 Å². The summed E-state index contributed by atoms with van der Waals surface area (Å²) < 4.78 is 7.66. The summed E-state index contributed by atoms with van der Waals surface area (Å²) in [5.74, 6) is 0.853. The van der Waals surface area contributed by atoms with Gasteiger partial charge in [-0.2, -0.15) is 0 Å². The molecule has 0 amide bonds. The highest BCUT2D eigenvalue weighted by Crippen LogP contribution is 2.30. The third-order valence-corrected chi connectivity index (χ3v) is 3.51. The molecule has 2 aromatic rings. The molecule has 5 nitrogen and oxygen atoms in total. The molecule has 2 atom stereocenters. The Bertz CT molecular complexity index is 561. The van der Waals surface area contributed by atoms with Crippen LogP contribution in [-0.4, -0.2) is 39.1 Å². The van der Waals surface area contributed by atoms with Crippen molar-refractivity contribution >= 4 is 11.0 Å². The van der Waals surface area contributed by atoms with E-state index >= 15 is 0 Å². The van der Waals surface area contributed by atoms with E-state index in [1.54, 1.807) is 0 Å². The summed E-state index contributed by atoms with van der Waals surface area (Å²) >= 11 is 0. The van der Waals surface area contributed by atoms with Crippen molar-refractivity contribution in [1.29, 1.82) is 0 Å². The van der Waals surface area contributed by atoms with Gasteiger partial charge in [0.2, 0.25) is 0 Å². The molecule has 102 valence electrons. The Balaban J connectivity index is 2.05. The zero-order valence-electron chi connectivity index (χ0n) is 10.7. The monoisotopic (exact) mass is 262 g/mol. The van der Waals surface area contributed by atoms with E-state index in [-0.39, 0.29) is 12.7 Å². The van der Waals surface area contributed by atoms with Gasteiger partial charge in [-0.1, -0.05) is 12.1 Å². The predicted octanol–water partition coefficient (Wildman–Crippen LogP) is 1.24. The molecule has 1 saturated heterocycles. The van der Waals surface area contributed by atoms with Crippen LogP contribution in [0.3, 0.4) is 0 Å². The first-order valence-corrected chi connectivity index (χ1v) is 6.65. The number of aliphatic hydroxyl groups is 2. The number of rotatable bonds is 4. The lowest BCUT2D eigenvalue weighted by molar-refractivity contribution is 0.0729. The molecule has 1 fully saturated rings. The summed E-state index contributed by atoms with van der Waals surface area (Å²) in [6.45, 7) is 0.847. The van der Waals surface area contributed by atoms with Crippen LogP contribution in [0.1, 0.15) is 24.8 Å². The standard InChI is InChI=1S/C14H18N2O3/c17-9-10(18)8-16-12-5-2-1-4-11(12)15-14(16)13-6-3-7-19-13/h1-2,4-5,10,13,17-18H,3,6-9H2/t10-,13-/m0/s1. The number of imidazole rings is 1. The van der Waals surface area contributed by atoms with Gasteiger partial charge in [0.05, 0.1) is 30.3 Å². The molecule has 0 spiro atoms. The highest BCUT2D eigenvalue weighted by atomic mass is 16.5. The van der Waals surface area contributed by atoms with Crippen LogP contribution in [-0.2, 0) is 11.3 Å². The maximum Gasteiger partial charge on any atom is 0.139 e. The van der Waals surface area contributed by atoms with Crippen molar-refractivity contribution in [2.45, 2.75) is 31.6 Å². The van der Waals surface area contributed by atoms with E-state index in [0.29, 0.717) is 6.54 Å². The SMILES string of the molecule is OC[C@@H](O)Cn1c([C@@H]2CCCO2)nc2ccccc21. The van der Waals surface area contributed by atoms with E-state index < -0.39 is 6.10 Å². The van der Waals surface area contributed by atoms with Crippen LogP contribution in [0.5, 0.6) is 0 Å². The number of aromatic nitrogens is 2. The molecule has 0 radical (unpaired) electrons. The Labute approximate surface area is 111 Å². The summed E-state index contributed by atoms with van der Waals surface area (Å²) in [7, 11) is 0. The third kappa shape index (κ3) is 2.36. The Morgan fingerprint density at radius 3 is 3.00 bits per heavy atom. The van der Waals surface area contributed by atoms with Crippen LogP contribution in [0.15, 0.2) is 24.3 Å². The minimum absolute atomic E-state index is 0.00158. The highest BCUT2D eigenvalue weighted by molar-refractivity contribution is 5.76. The topological polar surface area (TPSA) is 67.5 Å². The lowest BCUT2D eigenvalue weighted by Crippen LogP contribution is -2.22. The van der Waals surface area contributed by atoms with Gasteiger partial charge in [0.15, 0.2) is 0 Å². The zero-order valence-corrected chi connectivity index (χ0v) is 10.7. The Kier molecular flexibility index (Phi) is 3.50. The van der Waals surface area contributed by atoms with Crippen molar-refractivity contribution < 1.29 is 14.9 Å². The first-order chi connectivity index (χ1) is 9.29. The highest BCUT2D eigenvalue weighted by Gasteiger charge is 2.25. The Morgan fingerprint density at radius 2 is 2.26 bits per heavy atom. The predicted molar refractivity (Wildman–Crippen MR) is 70.8 cm³/mol. The van der Waals surface area contributed by atoms with Crippen molar-refractivity contribution in [3.63, 3.8) is 0 Å². The lowest BCUT2D eigenvalue weighted by atomic mass is 10.2. The summed E-state index contributed by atoms with van der Waals surface area (Å²) in [4.78, 5) is 4.63. The smallest absolute Gasteiger partial charge is 0.139 e. The minimum Gasteiger partial charge on any atom is -0.394 e. The molecule has 3 rings (SSSR count). The molecular weight excluding hydrogens is 244 g/mol. The Morgan fingerprint density at radius 1 is 1.42 bits per heavy atom. The van der Waals surface area contributed by atoms with Gasteiger partial charge in [-0.15, -0.1) is 0 Å². The molecule has 0 bridgehead atoms. The minimum atomic E-state index is -0.780. The van der Waals surface area contributed by atoms with Crippen LogP contribution >= 0.6 is 0 Å². The fraction of sp³-hybridized carbons (Fsp3) is 0.500. The number of nitrogens with zero attached hydrogens (tertiary/aromatic N) is 2. The number of aliphatic hydroxyl groups excluding tert-OH is 2. The molecule has 1 aromatic heterocycles.